The van der Waals surface area contributed by atoms with Crippen LogP contribution >= 0.6 is 0 Å². The molecule has 4 heteroatoms. The fourth-order valence-corrected chi connectivity index (χ4v) is 2.63. The average Bonchev–Trinajstić information content (AvgIpc) is 2.65. The van der Waals surface area contributed by atoms with Gasteiger partial charge in [-0.1, -0.05) is 24.3 Å². The van der Waals surface area contributed by atoms with Crippen molar-refractivity contribution in [1.29, 1.82) is 0 Å². The van der Waals surface area contributed by atoms with Crippen LogP contribution in [-0.2, 0) is 17.8 Å². The van der Waals surface area contributed by atoms with Gasteiger partial charge in [0.2, 0.25) is 5.91 Å². The number of anilines is 1. The highest BCUT2D eigenvalue weighted by molar-refractivity contribution is 5.98. The molecule has 0 aliphatic carbocycles. The molecule has 4 nitrogen and oxygen atoms in total. The maximum absolute atomic E-state index is 12.6. The number of rotatable bonds is 3. The van der Waals surface area contributed by atoms with E-state index in [0.29, 0.717) is 6.54 Å². The van der Waals surface area contributed by atoms with Crippen molar-refractivity contribution in [3.8, 4) is 0 Å². The molecule has 1 unspecified atom stereocenters. The van der Waals surface area contributed by atoms with Crippen LogP contribution in [0, 0.1) is 0 Å². The number of benzene rings is 1. The number of fused-ring (bicyclic) bond motifs is 1. The Bertz CT molecular complexity index is 627. The average molecular weight is 281 g/mol. The van der Waals surface area contributed by atoms with Crippen LogP contribution in [0.25, 0.3) is 0 Å². The van der Waals surface area contributed by atoms with Crippen LogP contribution in [0.3, 0.4) is 0 Å². The maximum atomic E-state index is 12.6. The van der Waals surface area contributed by atoms with E-state index >= 15 is 0 Å². The van der Waals surface area contributed by atoms with Crippen molar-refractivity contribution in [3.63, 3.8) is 0 Å². The molecule has 0 spiro atoms. The van der Waals surface area contributed by atoms with Crippen molar-refractivity contribution in [2.75, 3.05) is 11.4 Å². The first kappa shape index (κ1) is 13.8. The van der Waals surface area contributed by atoms with Crippen LogP contribution in [0.5, 0.6) is 0 Å². The molecule has 0 saturated carbocycles. The van der Waals surface area contributed by atoms with Gasteiger partial charge in [-0.15, -0.1) is 0 Å². The van der Waals surface area contributed by atoms with Gasteiger partial charge in [-0.2, -0.15) is 0 Å². The molecule has 0 fully saturated rings. The monoisotopic (exact) mass is 281 g/mol. The summed E-state index contributed by atoms with van der Waals surface area (Å²) >= 11 is 0. The summed E-state index contributed by atoms with van der Waals surface area (Å²) in [5, 5.41) is 3.27. The second-order valence-corrected chi connectivity index (χ2v) is 5.29. The molecule has 0 bridgehead atoms. The van der Waals surface area contributed by atoms with Crippen LogP contribution in [0.4, 0.5) is 5.69 Å². The van der Waals surface area contributed by atoms with Gasteiger partial charge in [0.25, 0.3) is 0 Å². The molecule has 2 aromatic rings. The van der Waals surface area contributed by atoms with Gasteiger partial charge < -0.3 is 10.2 Å². The van der Waals surface area contributed by atoms with E-state index in [2.05, 4.69) is 16.4 Å². The number of aromatic nitrogens is 1. The minimum absolute atomic E-state index is 0.121. The quantitative estimate of drug-likeness (QED) is 0.937. The van der Waals surface area contributed by atoms with Gasteiger partial charge in [0, 0.05) is 37.1 Å². The van der Waals surface area contributed by atoms with Crippen molar-refractivity contribution in [2.45, 2.75) is 25.9 Å². The Hall–Kier alpha value is -2.20. The zero-order valence-corrected chi connectivity index (χ0v) is 12.1. The smallest absolute Gasteiger partial charge is 0.243 e. The third-order valence-corrected chi connectivity index (χ3v) is 3.84. The topological polar surface area (TPSA) is 45.2 Å². The van der Waals surface area contributed by atoms with E-state index in [1.165, 1.54) is 0 Å². The Morgan fingerprint density at radius 1 is 1.24 bits per heavy atom. The van der Waals surface area contributed by atoms with Crippen molar-refractivity contribution < 1.29 is 4.79 Å². The Kier molecular flexibility index (Phi) is 3.97. The van der Waals surface area contributed by atoms with Gasteiger partial charge in [0.15, 0.2) is 0 Å². The Labute approximate surface area is 124 Å². The molecule has 108 valence electrons. The largest absolute Gasteiger partial charge is 0.310 e. The lowest BCUT2D eigenvalue weighted by Gasteiger charge is -2.24. The van der Waals surface area contributed by atoms with Crippen molar-refractivity contribution in [2.24, 2.45) is 0 Å². The van der Waals surface area contributed by atoms with E-state index in [4.69, 9.17) is 0 Å². The van der Waals surface area contributed by atoms with Gasteiger partial charge in [0.05, 0.1) is 6.04 Å². The summed E-state index contributed by atoms with van der Waals surface area (Å²) in [6, 6.07) is 13.8. The third kappa shape index (κ3) is 2.95. The summed E-state index contributed by atoms with van der Waals surface area (Å²) in [5.41, 5.74) is 3.18. The molecule has 2 heterocycles. The Balaban J connectivity index is 1.85. The van der Waals surface area contributed by atoms with Gasteiger partial charge in [-0.3, -0.25) is 9.78 Å². The minimum atomic E-state index is -0.166. The number of amides is 1. The molecule has 1 atom stereocenters. The number of nitrogens with zero attached hydrogens (tertiary/aromatic N) is 2. The van der Waals surface area contributed by atoms with E-state index in [1.54, 1.807) is 6.20 Å². The maximum Gasteiger partial charge on any atom is 0.243 e. The predicted octanol–water partition coefficient (Wildman–Crippen LogP) is 2.15. The first-order valence-corrected chi connectivity index (χ1v) is 7.28. The number of hydrogen-bond acceptors (Lipinski definition) is 3. The molecule has 1 N–H and O–H groups in total. The van der Waals surface area contributed by atoms with Crippen LogP contribution in [0.2, 0.25) is 0 Å². The van der Waals surface area contributed by atoms with Crippen LogP contribution < -0.4 is 10.2 Å². The zero-order valence-electron chi connectivity index (χ0n) is 12.1. The summed E-state index contributed by atoms with van der Waals surface area (Å²) in [5.74, 6) is 0.121. The fourth-order valence-electron chi connectivity index (χ4n) is 2.63. The lowest BCUT2D eigenvalue weighted by atomic mass is 10.1. The second-order valence-electron chi connectivity index (χ2n) is 5.29. The first-order chi connectivity index (χ1) is 10.3. The van der Waals surface area contributed by atoms with E-state index in [0.717, 1.165) is 29.9 Å². The van der Waals surface area contributed by atoms with Crippen molar-refractivity contribution >= 4 is 11.6 Å². The summed E-state index contributed by atoms with van der Waals surface area (Å²) in [6.45, 7) is 3.30. The third-order valence-electron chi connectivity index (χ3n) is 3.84. The molecule has 0 radical (unpaired) electrons. The van der Waals surface area contributed by atoms with Crippen LogP contribution in [0.1, 0.15) is 18.2 Å². The zero-order chi connectivity index (χ0) is 14.7. The van der Waals surface area contributed by atoms with E-state index < -0.39 is 0 Å². The van der Waals surface area contributed by atoms with Crippen LogP contribution in [-0.4, -0.2) is 23.5 Å². The summed E-state index contributed by atoms with van der Waals surface area (Å²) in [4.78, 5) is 18.8. The lowest BCUT2D eigenvalue weighted by Crippen LogP contribution is -2.43. The predicted molar refractivity (Wildman–Crippen MR) is 83.0 cm³/mol. The number of para-hydroxylation sites is 1. The minimum Gasteiger partial charge on any atom is -0.310 e. The molecule has 0 saturated heterocycles. The molecule has 1 aliphatic rings. The lowest BCUT2D eigenvalue weighted by molar-refractivity contribution is -0.120. The van der Waals surface area contributed by atoms with E-state index in [-0.39, 0.29) is 11.9 Å². The number of carbonyl (C=O) groups excluding carboxylic acids is 1. The normalized spacial score (nSPS) is 18.2. The Morgan fingerprint density at radius 3 is 2.86 bits per heavy atom. The van der Waals surface area contributed by atoms with Gasteiger partial charge in [0.1, 0.15) is 0 Å². The number of pyridine rings is 1. The summed E-state index contributed by atoms with van der Waals surface area (Å²) in [6.07, 6.45) is 2.55. The first-order valence-electron chi connectivity index (χ1n) is 7.28. The summed E-state index contributed by atoms with van der Waals surface area (Å²) < 4.78 is 0. The van der Waals surface area contributed by atoms with Gasteiger partial charge in [-0.25, -0.2) is 0 Å². The number of nitrogens with one attached hydrogen (secondary N) is 1. The van der Waals surface area contributed by atoms with Crippen molar-refractivity contribution in [3.05, 3.63) is 59.9 Å². The molecule has 1 amide bonds. The molecule has 1 aromatic carbocycles. The van der Waals surface area contributed by atoms with Gasteiger partial charge in [-0.05, 0) is 30.7 Å². The SMILES string of the molecule is CC1NCc2ccccc2N(CCc2ccccn2)C1=O. The molecular formula is C17H19N3O. The molecule has 3 rings (SSSR count). The Morgan fingerprint density at radius 2 is 2.05 bits per heavy atom. The molecule has 1 aliphatic heterocycles. The fraction of sp³-hybridized carbons (Fsp3) is 0.294. The number of carbonyl (C=O) groups is 1. The molecule has 1 aromatic heterocycles. The van der Waals surface area contributed by atoms with Crippen LogP contribution in [0.15, 0.2) is 48.7 Å². The second kappa shape index (κ2) is 6.06. The molecular weight excluding hydrogens is 262 g/mol. The highest BCUT2D eigenvalue weighted by Gasteiger charge is 2.26. The van der Waals surface area contributed by atoms with Gasteiger partial charge >= 0.3 is 0 Å². The van der Waals surface area contributed by atoms with Crippen molar-refractivity contribution in [1.82, 2.24) is 10.3 Å². The van der Waals surface area contributed by atoms with E-state index in [1.807, 2.05) is 48.2 Å². The molecule has 21 heavy (non-hydrogen) atoms. The van der Waals surface area contributed by atoms with E-state index in [9.17, 15) is 4.79 Å². The summed E-state index contributed by atoms with van der Waals surface area (Å²) in [7, 11) is 0. The highest BCUT2D eigenvalue weighted by Crippen LogP contribution is 2.24. The standard InChI is InChI=1S/C17H19N3O/c1-13-17(21)20(11-9-15-7-4-5-10-18-15)16-8-3-2-6-14(16)12-19-13/h2-8,10,13,19H,9,11-12H2,1H3. The number of hydrogen-bond donors (Lipinski definition) is 1. The highest BCUT2D eigenvalue weighted by atomic mass is 16.2.